The van der Waals surface area contributed by atoms with Gasteiger partial charge in [0.1, 0.15) is 6.29 Å². The predicted molar refractivity (Wildman–Crippen MR) is 52.7 cm³/mol. The van der Waals surface area contributed by atoms with Crippen LogP contribution in [0.1, 0.15) is 5.56 Å². The second kappa shape index (κ2) is 3.05. The minimum absolute atomic E-state index is 0.501. The zero-order valence-electron chi connectivity index (χ0n) is 7.53. The zero-order chi connectivity index (χ0) is 9.26. The van der Waals surface area contributed by atoms with Crippen LogP contribution in [-0.2, 0) is 18.3 Å². The number of rotatable bonds is 2. The van der Waals surface area contributed by atoms with Crippen LogP contribution in [0.3, 0.4) is 0 Å². The summed E-state index contributed by atoms with van der Waals surface area (Å²) in [5, 5.41) is 1.18. The molecule has 0 bridgehead atoms. The van der Waals surface area contributed by atoms with Gasteiger partial charge in [-0.3, -0.25) is 0 Å². The van der Waals surface area contributed by atoms with E-state index < -0.39 is 0 Å². The largest absolute Gasteiger partial charge is 0.350 e. The van der Waals surface area contributed by atoms with E-state index in [1.807, 2.05) is 36.0 Å². The Kier molecular flexibility index (Phi) is 1.89. The lowest BCUT2D eigenvalue weighted by Crippen LogP contribution is -1.83. The van der Waals surface area contributed by atoms with Crippen molar-refractivity contribution in [3.63, 3.8) is 0 Å². The van der Waals surface area contributed by atoms with Gasteiger partial charge in [-0.1, -0.05) is 18.2 Å². The van der Waals surface area contributed by atoms with E-state index in [0.717, 1.165) is 11.8 Å². The summed E-state index contributed by atoms with van der Waals surface area (Å²) in [7, 11) is 2.00. The summed E-state index contributed by atoms with van der Waals surface area (Å²) >= 11 is 0. The van der Waals surface area contributed by atoms with Gasteiger partial charge >= 0.3 is 0 Å². The molecule has 66 valence electrons. The SMILES string of the molecule is Cn1cc(CC=O)c2ccccc21. The summed E-state index contributed by atoms with van der Waals surface area (Å²) in [4.78, 5) is 10.4. The van der Waals surface area contributed by atoms with Gasteiger partial charge in [0.05, 0.1) is 0 Å². The normalized spacial score (nSPS) is 10.5. The minimum atomic E-state index is 0.501. The lowest BCUT2D eigenvalue weighted by molar-refractivity contribution is -0.107. The molecule has 0 amide bonds. The number of aryl methyl sites for hydroxylation is 1. The standard InChI is InChI=1S/C11H11NO/c1-12-8-9(6-7-13)10-4-2-3-5-11(10)12/h2-5,7-8H,6H2,1H3. The summed E-state index contributed by atoms with van der Waals surface area (Å²) in [5.74, 6) is 0. The Morgan fingerprint density at radius 3 is 2.92 bits per heavy atom. The second-order valence-corrected chi connectivity index (χ2v) is 3.15. The lowest BCUT2D eigenvalue weighted by Gasteiger charge is -1.93. The maximum absolute atomic E-state index is 10.4. The Balaban J connectivity index is 2.70. The van der Waals surface area contributed by atoms with Crippen LogP contribution in [0.2, 0.25) is 0 Å². The molecule has 0 saturated carbocycles. The molecule has 2 rings (SSSR count). The quantitative estimate of drug-likeness (QED) is 0.636. The third-order valence-electron chi connectivity index (χ3n) is 2.28. The second-order valence-electron chi connectivity index (χ2n) is 3.15. The number of nitrogens with zero attached hydrogens (tertiary/aromatic N) is 1. The Hall–Kier alpha value is -1.57. The van der Waals surface area contributed by atoms with Crippen molar-refractivity contribution >= 4 is 17.2 Å². The smallest absolute Gasteiger partial charge is 0.124 e. The number of fused-ring (bicyclic) bond motifs is 1. The zero-order valence-corrected chi connectivity index (χ0v) is 7.53. The van der Waals surface area contributed by atoms with Crippen molar-refractivity contribution in [3.05, 3.63) is 36.0 Å². The van der Waals surface area contributed by atoms with Crippen molar-refractivity contribution in [3.8, 4) is 0 Å². The highest BCUT2D eigenvalue weighted by Gasteiger charge is 2.03. The van der Waals surface area contributed by atoms with Gasteiger partial charge < -0.3 is 9.36 Å². The van der Waals surface area contributed by atoms with Crippen LogP contribution in [0.25, 0.3) is 10.9 Å². The lowest BCUT2D eigenvalue weighted by atomic mass is 10.1. The van der Waals surface area contributed by atoms with E-state index in [2.05, 4.69) is 6.07 Å². The van der Waals surface area contributed by atoms with Crippen LogP contribution < -0.4 is 0 Å². The van der Waals surface area contributed by atoms with Gasteiger partial charge in [0.25, 0.3) is 0 Å². The van der Waals surface area contributed by atoms with Crippen molar-refractivity contribution < 1.29 is 4.79 Å². The van der Waals surface area contributed by atoms with Crippen LogP contribution in [0.15, 0.2) is 30.5 Å². The number of benzene rings is 1. The van der Waals surface area contributed by atoms with E-state index in [9.17, 15) is 4.79 Å². The Bertz CT molecular complexity index is 442. The molecule has 0 atom stereocenters. The predicted octanol–water partition coefficient (Wildman–Crippen LogP) is 1.92. The molecular formula is C11H11NO. The maximum atomic E-state index is 10.4. The van der Waals surface area contributed by atoms with Crippen molar-refractivity contribution in [2.24, 2.45) is 7.05 Å². The molecule has 0 aliphatic heterocycles. The van der Waals surface area contributed by atoms with E-state index in [-0.39, 0.29) is 0 Å². The highest BCUT2D eigenvalue weighted by molar-refractivity contribution is 5.85. The van der Waals surface area contributed by atoms with Gasteiger partial charge in [0.15, 0.2) is 0 Å². The van der Waals surface area contributed by atoms with Crippen molar-refractivity contribution in [1.29, 1.82) is 0 Å². The number of hydrogen-bond donors (Lipinski definition) is 0. The summed E-state index contributed by atoms with van der Waals surface area (Å²) < 4.78 is 2.05. The Labute approximate surface area is 76.8 Å². The Morgan fingerprint density at radius 1 is 1.38 bits per heavy atom. The molecule has 0 fully saturated rings. The van der Waals surface area contributed by atoms with Crippen molar-refractivity contribution in [1.82, 2.24) is 4.57 Å². The molecule has 1 aromatic carbocycles. The highest BCUT2D eigenvalue weighted by atomic mass is 16.1. The van der Waals surface area contributed by atoms with Crippen LogP contribution in [0, 0.1) is 0 Å². The third kappa shape index (κ3) is 1.24. The van der Waals surface area contributed by atoms with E-state index in [4.69, 9.17) is 0 Å². The van der Waals surface area contributed by atoms with E-state index in [1.54, 1.807) is 0 Å². The van der Waals surface area contributed by atoms with Gasteiger partial charge in [-0.2, -0.15) is 0 Å². The summed E-state index contributed by atoms with van der Waals surface area (Å²) in [5.41, 5.74) is 2.28. The molecule has 2 aromatic rings. The monoisotopic (exact) mass is 173 g/mol. The summed E-state index contributed by atoms with van der Waals surface area (Å²) in [6, 6.07) is 8.11. The molecule has 0 unspecified atom stereocenters. The molecule has 0 radical (unpaired) electrons. The summed E-state index contributed by atoms with van der Waals surface area (Å²) in [6.07, 6.45) is 3.46. The van der Waals surface area contributed by atoms with Crippen molar-refractivity contribution in [2.45, 2.75) is 6.42 Å². The van der Waals surface area contributed by atoms with Gasteiger partial charge in [-0.15, -0.1) is 0 Å². The van der Waals surface area contributed by atoms with Crippen LogP contribution >= 0.6 is 0 Å². The fraction of sp³-hybridized carbons (Fsp3) is 0.182. The van der Waals surface area contributed by atoms with E-state index in [1.165, 1.54) is 10.9 Å². The topological polar surface area (TPSA) is 22.0 Å². The van der Waals surface area contributed by atoms with E-state index >= 15 is 0 Å². The number of aldehydes is 1. The number of para-hydroxylation sites is 1. The number of aromatic nitrogens is 1. The molecule has 2 nitrogen and oxygen atoms in total. The average Bonchev–Trinajstić information content (AvgIpc) is 2.46. The fourth-order valence-corrected chi connectivity index (χ4v) is 1.68. The van der Waals surface area contributed by atoms with Crippen LogP contribution in [-0.4, -0.2) is 10.9 Å². The average molecular weight is 173 g/mol. The first-order valence-electron chi connectivity index (χ1n) is 4.29. The fourth-order valence-electron chi connectivity index (χ4n) is 1.68. The molecule has 0 spiro atoms. The molecular weight excluding hydrogens is 162 g/mol. The molecule has 13 heavy (non-hydrogen) atoms. The highest BCUT2D eigenvalue weighted by Crippen LogP contribution is 2.19. The molecule has 0 N–H and O–H groups in total. The molecule has 0 aliphatic rings. The first-order valence-corrected chi connectivity index (χ1v) is 4.29. The van der Waals surface area contributed by atoms with Gasteiger partial charge in [-0.25, -0.2) is 0 Å². The first kappa shape index (κ1) is 8.05. The first-order chi connectivity index (χ1) is 6.33. The third-order valence-corrected chi connectivity index (χ3v) is 2.28. The molecule has 0 saturated heterocycles. The Morgan fingerprint density at radius 2 is 2.15 bits per heavy atom. The molecule has 0 aliphatic carbocycles. The van der Waals surface area contributed by atoms with Gasteiger partial charge in [-0.05, 0) is 11.6 Å². The van der Waals surface area contributed by atoms with Gasteiger partial charge in [0, 0.05) is 30.6 Å². The van der Waals surface area contributed by atoms with Gasteiger partial charge in [0.2, 0.25) is 0 Å². The van der Waals surface area contributed by atoms with E-state index in [0.29, 0.717) is 6.42 Å². The maximum Gasteiger partial charge on any atom is 0.124 e. The molecule has 1 aromatic heterocycles. The van der Waals surface area contributed by atoms with Crippen molar-refractivity contribution in [2.75, 3.05) is 0 Å². The number of carbonyl (C=O) groups is 1. The summed E-state index contributed by atoms with van der Waals surface area (Å²) in [6.45, 7) is 0. The molecule has 1 heterocycles. The van der Waals surface area contributed by atoms with Crippen LogP contribution in [0.5, 0.6) is 0 Å². The molecule has 2 heteroatoms. The number of carbonyl (C=O) groups excluding carboxylic acids is 1. The minimum Gasteiger partial charge on any atom is -0.350 e. The van der Waals surface area contributed by atoms with Crippen LogP contribution in [0.4, 0.5) is 0 Å². The number of hydrogen-bond acceptors (Lipinski definition) is 1.